The number of ketones is 3. The molecule has 4 rings (SSSR count). The lowest BCUT2D eigenvalue weighted by atomic mass is 9.44. The third-order valence-electron chi connectivity index (χ3n) is 9.03. The van der Waals surface area contributed by atoms with Gasteiger partial charge in [-0.25, -0.2) is 0 Å². The number of rotatable bonds is 4. The Morgan fingerprint density at radius 2 is 1.90 bits per heavy atom. The molecule has 0 aromatic carbocycles. The van der Waals surface area contributed by atoms with Crippen LogP contribution in [0.25, 0.3) is 0 Å². The fourth-order valence-electron chi connectivity index (χ4n) is 7.64. The summed E-state index contributed by atoms with van der Waals surface area (Å²) < 4.78 is 0. The minimum Gasteiger partial charge on any atom is -0.393 e. The molecule has 6 heteroatoms. The van der Waals surface area contributed by atoms with Crippen molar-refractivity contribution in [3.05, 3.63) is 23.3 Å². The van der Waals surface area contributed by atoms with Crippen LogP contribution in [0.3, 0.4) is 0 Å². The second-order valence-corrected chi connectivity index (χ2v) is 10.3. The van der Waals surface area contributed by atoms with Gasteiger partial charge in [0.05, 0.1) is 6.10 Å². The van der Waals surface area contributed by atoms with Gasteiger partial charge in [-0.15, -0.1) is 0 Å². The van der Waals surface area contributed by atoms with Crippen molar-refractivity contribution in [3.63, 3.8) is 0 Å². The molecule has 0 aromatic heterocycles. The summed E-state index contributed by atoms with van der Waals surface area (Å²) in [4.78, 5) is 36.8. The van der Waals surface area contributed by atoms with E-state index in [0.717, 1.165) is 17.6 Å². The van der Waals surface area contributed by atoms with Crippen LogP contribution in [-0.4, -0.2) is 51.0 Å². The monoisotopic (exact) mass is 416 g/mol. The Bertz CT molecular complexity index is 871. The minimum absolute atomic E-state index is 0.0161. The maximum absolute atomic E-state index is 12.5. The van der Waals surface area contributed by atoms with Crippen molar-refractivity contribution in [2.45, 2.75) is 71.0 Å². The molecule has 164 valence electrons. The summed E-state index contributed by atoms with van der Waals surface area (Å²) in [6.45, 7) is 4.73. The maximum Gasteiger partial charge on any atom is 0.190 e. The van der Waals surface area contributed by atoms with Crippen LogP contribution in [0.2, 0.25) is 0 Å². The Kier molecular flexibility index (Phi) is 5.00. The molecule has 3 fully saturated rings. The molecule has 0 aromatic rings. The SMILES string of the molecule is CC(=O)CC1=CC(=O)C=C2CC[C@@H]3[C@H]([C@@H](O)C[C@@]4(C)[C@H]3CC[C@]4(O)C(=O)CO)[C@]21C. The Labute approximate surface area is 177 Å². The van der Waals surface area contributed by atoms with E-state index < -0.39 is 34.9 Å². The molecule has 0 saturated heterocycles. The molecular weight excluding hydrogens is 384 g/mol. The molecule has 4 aliphatic carbocycles. The summed E-state index contributed by atoms with van der Waals surface area (Å²) in [5.74, 6) is -0.776. The first-order chi connectivity index (χ1) is 14.0. The fraction of sp³-hybridized carbons (Fsp3) is 0.708. The van der Waals surface area contributed by atoms with Crippen LogP contribution >= 0.6 is 0 Å². The lowest BCUT2D eigenvalue weighted by Crippen LogP contribution is -2.62. The van der Waals surface area contributed by atoms with Crippen molar-refractivity contribution in [2.75, 3.05) is 6.61 Å². The second-order valence-electron chi connectivity index (χ2n) is 10.3. The van der Waals surface area contributed by atoms with Gasteiger partial charge in [-0.2, -0.15) is 0 Å². The quantitative estimate of drug-likeness (QED) is 0.645. The summed E-state index contributed by atoms with van der Waals surface area (Å²) in [5, 5.41) is 32.2. The first kappa shape index (κ1) is 21.6. The van der Waals surface area contributed by atoms with Crippen molar-refractivity contribution in [1.82, 2.24) is 0 Å². The zero-order valence-electron chi connectivity index (χ0n) is 18.0. The van der Waals surface area contributed by atoms with E-state index in [1.54, 1.807) is 12.2 Å². The van der Waals surface area contributed by atoms with Gasteiger partial charge >= 0.3 is 0 Å². The van der Waals surface area contributed by atoms with Gasteiger partial charge in [0, 0.05) is 23.2 Å². The summed E-state index contributed by atoms with van der Waals surface area (Å²) >= 11 is 0. The van der Waals surface area contributed by atoms with Crippen LogP contribution in [0.5, 0.6) is 0 Å². The normalized spacial score (nSPS) is 45.1. The average molecular weight is 417 g/mol. The topological polar surface area (TPSA) is 112 Å². The van der Waals surface area contributed by atoms with Crippen LogP contribution in [0, 0.1) is 28.6 Å². The molecule has 7 atom stereocenters. The lowest BCUT2D eigenvalue weighted by Gasteiger charge is -2.60. The van der Waals surface area contributed by atoms with E-state index in [0.29, 0.717) is 12.8 Å². The number of hydrogen-bond acceptors (Lipinski definition) is 6. The number of fused-ring (bicyclic) bond motifs is 5. The van der Waals surface area contributed by atoms with Crippen LogP contribution in [0.15, 0.2) is 23.3 Å². The number of hydrogen-bond donors (Lipinski definition) is 3. The van der Waals surface area contributed by atoms with Gasteiger partial charge in [-0.05, 0) is 68.6 Å². The van der Waals surface area contributed by atoms with E-state index in [1.165, 1.54) is 6.92 Å². The van der Waals surface area contributed by atoms with Crippen LogP contribution in [-0.2, 0) is 14.4 Å². The van der Waals surface area contributed by atoms with E-state index in [4.69, 9.17) is 0 Å². The molecule has 6 nitrogen and oxygen atoms in total. The smallest absolute Gasteiger partial charge is 0.190 e. The molecule has 4 aliphatic rings. The van der Waals surface area contributed by atoms with E-state index in [1.807, 2.05) is 13.8 Å². The Morgan fingerprint density at radius 3 is 2.53 bits per heavy atom. The van der Waals surface area contributed by atoms with Crippen molar-refractivity contribution in [1.29, 1.82) is 0 Å². The van der Waals surface area contributed by atoms with Gasteiger partial charge < -0.3 is 15.3 Å². The highest BCUT2D eigenvalue weighted by atomic mass is 16.3. The fourth-order valence-corrected chi connectivity index (χ4v) is 7.64. The molecule has 0 bridgehead atoms. The predicted octanol–water partition coefficient (Wildman–Crippen LogP) is 1.91. The highest BCUT2D eigenvalue weighted by molar-refractivity contribution is 6.02. The summed E-state index contributed by atoms with van der Waals surface area (Å²) in [5.41, 5.74) is -1.26. The van der Waals surface area contributed by atoms with Crippen molar-refractivity contribution in [3.8, 4) is 0 Å². The summed E-state index contributed by atoms with van der Waals surface area (Å²) in [7, 11) is 0. The van der Waals surface area contributed by atoms with E-state index in [2.05, 4.69) is 0 Å². The first-order valence-electron chi connectivity index (χ1n) is 11.0. The van der Waals surface area contributed by atoms with Gasteiger partial charge in [-0.3, -0.25) is 14.4 Å². The molecule has 0 spiro atoms. The number of Topliss-reactive ketones (excluding diaryl/α,β-unsaturated/α-hetero) is 2. The predicted molar refractivity (Wildman–Crippen MR) is 109 cm³/mol. The third kappa shape index (κ3) is 2.69. The highest BCUT2D eigenvalue weighted by Crippen LogP contribution is 2.68. The first-order valence-corrected chi connectivity index (χ1v) is 11.0. The Balaban J connectivity index is 1.78. The largest absolute Gasteiger partial charge is 0.393 e. The zero-order chi connectivity index (χ0) is 22.1. The summed E-state index contributed by atoms with van der Waals surface area (Å²) in [6, 6.07) is 0. The van der Waals surface area contributed by atoms with E-state index in [9.17, 15) is 29.7 Å². The third-order valence-corrected chi connectivity index (χ3v) is 9.03. The molecule has 3 N–H and O–H groups in total. The molecule has 3 saturated carbocycles. The number of aliphatic hydroxyl groups is 3. The Morgan fingerprint density at radius 1 is 1.20 bits per heavy atom. The minimum atomic E-state index is -1.63. The van der Waals surface area contributed by atoms with Crippen molar-refractivity contribution < 1.29 is 29.7 Å². The number of carbonyl (C=O) groups excluding carboxylic acids is 3. The summed E-state index contributed by atoms with van der Waals surface area (Å²) in [6.07, 6.45) is 5.30. The maximum atomic E-state index is 12.5. The van der Waals surface area contributed by atoms with E-state index >= 15 is 0 Å². The number of allylic oxidation sites excluding steroid dienone is 4. The van der Waals surface area contributed by atoms with Gasteiger partial charge in [-0.1, -0.05) is 19.4 Å². The average Bonchev–Trinajstić information content (AvgIpc) is 2.93. The Hall–Kier alpha value is -1.63. The van der Waals surface area contributed by atoms with Gasteiger partial charge in [0.25, 0.3) is 0 Å². The molecular formula is C24H32O6. The lowest BCUT2D eigenvalue weighted by molar-refractivity contribution is -0.179. The number of aliphatic hydroxyl groups excluding tert-OH is 2. The van der Waals surface area contributed by atoms with Crippen LogP contribution in [0.1, 0.15) is 59.3 Å². The molecule has 0 heterocycles. The van der Waals surface area contributed by atoms with Crippen LogP contribution < -0.4 is 0 Å². The van der Waals surface area contributed by atoms with E-state index in [-0.39, 0.29) is 48.6 Å². The van der Waals surface area contributed by atoms with Crippen molar-refractivity contribution >= 4 is 17.3 Å². The molecule has 0 unspecified atom stereocenters. The molecule has 0 amide bonds. The molecule has 0 radical (unpaired) electrons. The van der Waals surface area contributed by atoms with Gasteiger partial charge in [0.1, 0.15) is 18.0 Å². The van der Waals surface area contributed by atoms with Crippen molar-refractivity contribution in [2.24, 2.45) is 28.6 Å². The van der Waals surface area contributed by atoms with Gasteiger partial charge in [0.2, 0.25) is 0 Å². The molecule has 30 heavy (non-hydrogen) atoms. The molecule has 0 aliphatic heterocycles. The second kappa shape index (κ2) is 6.94. The standard InChI is InChI=1S/C24H32O6/c1-13(26)8-15-10-16(27)9-14-4-5-17-18-6-7-24(30,20(29)12-25)22(18,2)11-19(28)21(17)23(14,15)3/h9-10,17-19,21,25,28,30H,4-8,11-12H2,1-3H3/t17-,18-,19-,21+,22-,23+,24-/m0/s1. The highest BCUT2D eigenvalue weighted by Gasteiger charge is 2.68. The number of carbonyl (C=O) groups is 3. The van der Waals surface area contributed by atoms with Crippen LogP contribution in [0.4, 0.5) is 0 Å². The van der Waals surface area contributed by atoms with Gasteiger partial charge in [0.15, 0.2) is 11.6 Å². The zero-order valence-corrected chi connectivity index (χ0v) is 18.0.